The summed E-state index contributed by atoms with van der Waals surface area (Å²) in [5.74, 6) is 0.433. The van der Waals surface area contributed by atoms with Crippen LogP contribution in [0.4, 0.5) is 13.2 Å². The van der Waals surface area contributed by atoms with Crippen LogP contribution in [0, 0.1) is 4.77 Å². The average Bonchev–Trinajstić information content (AvgIpc) is 2.74. The molecule has 0 amide bonds. The van der Waals surface area contributed by atoms with E-state index in [0.717, 1.165) is 12.1 Å². The molecule has 9 heteroatoms. The van der Waals surface area contributed by atoms with Gasteiger partial charge in [0.25, 0.3) is 0 Å². The molecule has 2 rings (SSSR count). The first kappa shape index (κ1) is 17.6. The van der Waals surface area contributed by atoms with Gasteiger partial charge in [-0.15, -0.1) is 0 Å². The van der Waals surface area contributed by atoms with Gasteiger partial charge in [-0.1, -0.05) is 18.2 Å². The van der Waals surface area contributed by atoms with E-state index < -0.39 is 11.7 Å². The number of aliphatic hydroxyl groups excluding tert-OH is 1. The Balaban J connectivity index is 2.11. The number of benzene rings is 1. The molecule has 2 aromatic rings. The van der Waals surface area contributed by atoms with Crippen LogP contribution in [-0.2, 0) is 33.0 Å². The van der Waals surface area contributed by atoms with Crippen LogP contribution in [0.25, 0.3) is 0 Å². The SMILES string of the molecule is CN(Cc1cccc(C(F)(F)F)c1)Cn1nc(CO)n(C)c1=S. The molecule has 0 spiro atoms. The number of hydrogen-bond donors (Lipinski definition) is 1. The summed E-state index contributed by atoms with van der Waals surface area (Å²) in [5.41, 5.74) is -0.118. The fourth-order valence-electron chi connectivity index (χ4n) is 2.20. The fourth-order valence-corrected chi connectivity index (χ4v) is 2.40. The summed E-state index contributed by atoms with van der Waals surface area (Å²) < 4.78 is 41.7. The van der Waals surface area contributed by atoms with Gasteiger partial charge in [0.15, 0.2) is 10.6 Å². The van der Waals surface area contributed by atoms with Crippen LogP contribution in [0.2, 0.25) is 0 Å². The summed E-state index contributed by atoms with van der Waals surface area (Å²) in [6.45, 7) is 0.393. The van der Waals surface area contributed by atoms with E-state index in [1.54, 1.807) is 29.6 Å². The van der Waals surface area contributed by atoms with Gasteiger partial charge in [-0.2, -0.15) is 18.3 Å². The molecule has 0 unspecified atom stereocenters. The van der Waals surface area contributed by atoms with Crippen LogP contribution in [0.3, 0.4) is 0 Å². The minimum Gasteiger partial charge on any atom is -0.388 e. The molecule has 23 heavy (non-hydrogen) atoms. The summed E-state index contributed by atoms with van der Waals surface area (Å²) in [5, 5.41) is 13.3. The van der Waals surface area contributed by atoms with E-state index >= 15 is 0 Å². The van der Waals surface area contributed by atoms with Crippen LogP contribution in [-0.4, -0.2) is 31.4 Å². The molecule has 1 aromatic heterocycles. The molecule has 0 aliphatic rings. The average molecular weight is 346 g/mol. The van der Waals surface area contributed by atoms with Crippen molar-refractivity contribution in [3.8, 4) is 0 Å². The lowest BCUT2D eigenvalue weighted by Crippen LogP contribution is -2.23. The van der Waals surface area contributed by atoms with Gasteiger partial charge in [-0.3, -0.25) is 4.90 Å². The van der Waals surface area contributed by atoms with Crippen molar-refractivity contribution >= 4 is 12.2 Å². The Morgan fingerprint density at radius 3 is 2.61 bits per heavy atom. The number of rotatable bonds is 5. The third kappa shape index (κ3) is 4.18. The van der Waals surface area contributed by atoms with Crippen molar-refractivity contribution in [1.82, 2.24) is 19.2 Å². The van der Waals surface area contributed by atoms with Gasteiger partial charge in [-0.05, 0) is 30.9 Å². The van der Waals surface area contributed by atoms with Crippen molar-refractivity contribution in [1.29, 1.82) is 0 Å². The first-order valence-corrected chi connectivity index (χ1v) is 7.21. The Morgan fingerprint density at radius 1 is 1.35 bits per heavy atom. The van der Waals surface area contributed by atoms with Crippen molar-refractivity contribution in [3.63, 3.8) is 0 Å². The van der Waals surface area contributed by atoms with E-state index in [-0.39, 0.29) is 6.61 Å². The molecule has 5 nitrogen and oxygen atoms in total. The number of halogens is 3. The lowest BCUT2D eigenvalue weighted by molar-refractivity contribution is -0.137. The highest BCUT2D eigenvalue weighted by Gasteiger charge is 2.30. The van der Waals surface area contributed by atoms with Gasteiger partial charge in [-0.25, -0.2) is 4.68 Å². The highest BCUT2D eigenvalue weighted by atomic mass is 32.1. The van der Waals surface area contributed by atoms with E-state index in [9.17, 15) is 13.2 Å². The summed E-state index contributed by atoms with van der Waals surface area (Å²) in [6.07, 6.45) is -4.35. The summed E-state index contributed by atoms with van der Waals surface area (Å²) in [7, 11) is 3.46. The zero-order valence-corrected chi connectivity index (χ0v) is 13.5. The maximum atomic E-state index is 12.7. The maximum absolute atomic E-state index is 12.7. The van der Waals surface area contributed by atoms with Crippen LogP contribution < -0.4 is 0 Å². The topological polar surface area (TPSA) is 46.2 Å². The van der Waals surface area contributed by atoms with E-state index in [2.05, 4.69) is 5.10 Å². The summed E-state index contributed by atoms with van der Waals surface area (Å²) in [4.78, 5) is 1.79. The first-order valence-electron chi connectivity index (χ1n) is 6.80. The van der Waals surface area contributed by atoms with Crippen molar-refractivity contribution in [2.24, 2.45) is 7.05 Å². The summed E-state index contributed by atoms with van der Waals surface area (Å²) in [6, 6.07) is 5.21. The van der Waals surface area contributed by atoms with E-state index in [0.29, 0.717) is 29.4 Å². The monoisotopic (exact) mass is 346 g/mol. The molecular formula is C14H17F3N4OS. The number of alkyl halides is 3. The van der Waals surface area contributed by atoms with Crippen molar-refractivity contribution in [3.05, 3.63) is 46.0 Å². The molecule has 0 aliphatic heterocycles. The Labute approximate surface area is 136 Å². The predicted molar refractivity (Wildman–Crippen MR) is 80.9 cm³/mol. The maximum Gasteiger partial charge on any atom is 0.416 e. The van der Waals surface area contributed by atoms with Gasteiger partial charge in [0.1, 0.15) is 6.61 Å². The van der Waals surface area contributed by atoms with Gasteiger partial charge in [0, 0.05) is 13.6 Å². The Hall–Kier alpha value is -1.71. The highest BCUT2D eigenvalue weighted by Crippen LogP contribution is 2.29. The third-order valence-electron chi connectivity index (χ3n) is 3.35. The van der Waals surface area contributed by atoms with Crippen LogP contribution in [0.15, 0.2) is 24.3 Å². The minimum atomic E-state index is -4.35. The zero-order valence-electron chi connectivity index (χ0n) is 12.7. The second-order valence-electron chi connectivity index (χ2n) is 5.27. The predicted octanol–water partition coefficient (Wildman–Crippen LogP) is 2.55. The minimum absolute atomic E-state index is 0.232. The van der Waals surface area contributed by atoms with Crippen molar-refractivity contribution < 1.29 is 18.3 Å². The fraction of sp³-hybridized carbons (Fsp3) is 0.429. The number of nitrogens with zero attached hydrogens (tertiary/aromatic N) is 4. The molecule has 1 N–H and O–H groups in total. The number of aromatic nitrogens is 3. The quantitative estimate of drug-likeness (QED) is 0.846. The van der Waals surface area contributed by atoms with Gasteiger partial charge in [0.2, 0.25) is 0 Å². The normalized spacial score (nSPS) is 12.1. The number of hydrogen-bond acceptors (Lipinski definition) is 4. The standard InChI is InChI=1S/C14H17F3N4OS/c1-19(9-21-13(23)20(2)12(8-22)18-21)7-10-4-3-5-11(6-10)14(15,16)17/h3-6,22H,7-9H2,1-2H3. The van der Waals surface area contributed by atoms with Gasteiger partial charge in [0.05, 0.1) is 12.2 Å². The Morgan fingerprint density at radius 2 is 2.04 bits per heavy atom. The second-order valence-corrected chi connectivity index (χ2v) is 5.63. The van der Waals surface area contributed by atoms with Crippen molar-refractivity contribution in [2.75, 3.05) is 7.05 Å². The molecule has 0 saturated heterocycles. The van der Waals surface area contributed by atoms with E-state index in [1.807, 2.05) is 0 Å². The third-order valence-corrected chi connectivity index (χ3v) is 3.84. The molecule has 1 heterocycles. The van der Waals surface area contributed by atoms with Gasteiger partial charge >= 0.3 is 6.18 Å². The highest BCUT2D eigenvalue weighted by molar-refractivity contribution is 7.71. The van der Waals surface area contributed by atoms with Gasteiger partial charge < -0.3 is 9.67 Å². The van der Waals surface area contributed by atoms with Crippen LogP contribution >= 0.6 is 12.2 Å². The van der Waals surface area contributed by atoms with E-state index in [4.69, 9.17) is 17.3 Å². The molecular weight excluding hydrogens is 329 g/mol. The lowest BCUT2D eigenvalue weighted by atomic mass is 10.1. The van der Waals surface area contributed by atoms with Crippen LogP contribution in [0.1, 0.15) is 17.0 Å². The second kappa shape index (κ2) is 6.81. The largest absolute Gasteiger partial charge is 0.416 e. The lowest BCUT2D eigenvalue weighted by Gasteiger charge is -2.17. The van der Waals surface area contributed by atoms with Crippen LogP contribution in [0.5, 0.6) is 0 Å². The molecule has 1 aromatic carbocycles. The smallest absolute Gasteiger partial charge is 0.388 e. The van der Waals surface area contributed by atoms with Crippen molar-refractivity contribution in [2.45, 2.75) is 26.0 Å². The molecule has 0 atom stereocenters. The van der Waals surface area contributed by atoms with E-state index in [1.165, 1.54) is 10.7 Å². The molecule has 0 aliphatic carbocycles. The first-order chi connectivity index (χ1) is 10.7. The molecule has 0 saturated carbocycles. The Kier molecular flexibility index (Phi) is 5.23. The molecule has 0 radical (unpaired) electrons. The number of aliphatic hydroxyl groups is 1. The molecule has 0 fully saturated rings. The molecule has 0 bridgehead atoms. The molecule has 126 valence electrons. The Bertz CT molecular complexity index is 738. The zero-order chi connectivity index (χ0) is 17.2. The summed E-state index contributed by atoms with van der Waals surface area (Å²) >= 11 is 5.21.